The number of aromatic carboxylic acids is 1. The molecule has 4 nitrogen and oxygen atoms in total. The van der Waals surface area contributed by atoms with Crippen LogP contribution in [0, 0.1) is 0 Å². The summed E-state index contributed by atoms with van der Waals surface area (Å²) in [6.45, 7) is 0. The summed E-state index contributed by atoms with van der Waals surface area (Å²) in [5, 5.41) is 8.83. The van der Waals surface area contributed by atoms with Crippen LogP contribution < -0.4 is 0 Å². The van der Waals surface area contributed by atoms with Crippen molar-refractivity contribution in [2.24, 2.45) is 0 Å². The van der Waals surface area contributed by atoms with Gasteiger partial charge in [0.2, 0.25) is 0 Å². The van der Waals surface area contributed by atoms with Crippen LogP contribution in [0.25, 0.3) is 0 Å². The lowest BCUT2D eigenvalue weighted by molar-refractivity contribution is 0.0697. The van der Waals surface area contributed by atoms with Crippen molar-refractivity contribution in [2.45, 2.75) is 14.7 Å². The van der Waals surface area contributed by atoms with Crippen LogP contribution in [0.3, 0.4) is 0 Å². The maximum Gasteiger partial charge on any atom is 0.335 e. The molecule has 0 bridgehead atoms. The smallest absolute Gasteiger partial charge is 0.335 e. The predicted molar refractivity (Wildman–Crippen MR) is 77.1 cm³/mol. The van der Waals surface area contributed by atoms with Gasteiger partial charge in [-0.2, -0.15) is 0 Å². The molecule has 0 radical (unpaired) electrons. The van der Waals surface area contributed by atoms with Crippen molar-refractivity contribution in [3.63, 3.8) is 0 Å². The van der Waals surface area contributed by atoms with Gasteiger partial charge in [0.1, 0.15) is 0 Å². The minimum Gasteiger partial charge on any atom is -0.478 e. The highest BCUT2D eigenvalue weighted by Crippen LogP contribution is 2.32. The van der Waals surface area contributed by atoms with Gasteiger partial charge >= 0.3 is 5.97 Å². The Morgan fingerprint density at radius 1 is 1.05 bits per heavy atom. The maximum atomic E-state index is 11.7. The van der Waals surface area contributed by atoms with E-state index in [1.807, 2.05) is 0 Å². The number of benzene rings is 2. The highest BCUT2D eigenvalue weighted by Gasteiger charge is 2.13. The summed E-state index contributed by atoms with van der Waals surface area (Å²) in [5.41, 5.74) is 0.200. The third-order valence-electron chi connectivity index (χ3n) is 2.58. The van der Waals surface area contributed by atoms with E-state index in [2.05, 4.69) is 0 Å². The minimum atomic E-state index is -3.29. The fourth-order valence-electron chi connectivity index (χ4n) is 1.63. The largest absolute Gasteiger partial charge is 0.478 e. The molecule has 2 rings (SSSR count). The van der Waals surface area contributed by atoms with Crippen LogP contribution in [-0.4, -0.2) is 25.7 Å². The van der Waals surface area contributed by atoms with Crippen molar-refractivity contribution in [1.82, 2.24) is 0 Å². The van der Waals surface area contributed by atoms with E-state index in [9.17, 15) is 13.2 Å². The first-order chi connectivity index (χ1) is 9.38. The summed E-state index contributed by atoms with van der Waals surface area (Å²) < 4.78 is 23.4. The molecule has 2 aromatic carbocycles. The van der Waals surface area contributed by atoms with Gasteiger partial charge < -0.3 is 5.11 Å². The molecule has 6 heteroatoms. The van der Waals surface area contributed by atoms with Crippen molar-refractivity contribution in [1.29, 1.82) is 0 Å². The number of hydrogen-bond acceptors (Lipinski definition) is 4. The Hall–Kier alpha value is -1.79. The van der Waals surface area contributed by atoms with E-state index in [1.54, 1.807) is 36.4 Å². The van der Waals surface area contributed by atoms with Crippen LogP contribution in [-0.2, 0) is 9.84 Å². The zero-order valence-corrected chi connectivity index (χ0v) is 12.2. The highest BCUT2D eigenvalue weighted by molar-refractivity contribution is 8.00. The average molecular weight is 308 g/mol. The summed E-state index contributed by atoms with van der Waals surface area (Å²) in [4.78, 5) is 12.4. The second-order valence-electron chi connectivity index (χ2n) is 4.15. The van der Waals surface area contributed by atoms with Gasteiger partial charge in [-0.25, -0.2) is 13.2 Å². The molecule has 2 aromatic rings. The molecule has 0 aliphatic rings. The second-order valence-corrected chi connectivity index (χ2v) is 7.25. The third-order valence-corrected chi connectivity index (χ3v) is 4.95. The van der Waals surface area contributed by atoms with E-state index in [-0.39, 0.29) is 10.5 Å². The SMILES string of the molecule is CS(=O)(=O)c1ccccc1Sc1ccc(C(=O)O)cc1. The van der Waals surface area contributed by atoms with Crippen molar-refractivity contribution in [2.75, 3.05) is 6.26 Å². The van der Waals surface area contributed by atoms with Gasteiger partial charge in [-0.15, -0.1) is 0 Å². The lowest BCUT2D eigenvalue weighted by Crippen LogP contribution is -1.99. The summed E-state index contributed by atoms with van der Waals surface area (Å²) in [7, 11) is -3.29. The Labute approximate surface area is 121 Å². The summed E-state index contributed by atoms with van der Waals surface area (Å²) in [6.07, 6.45) is 1.17. The molecule has 0 atom stereocenters. The van der Waals surface area contributed by atoms with Crippen LogP contribution in [0.15, 0.2) is 63.2 Å². The Balaban J connectivity index is 2.33. The van der Waals surface area contributed by atoms with Crippen molar-refractivity contribution in [3.05, 3.63) is 54.1 Å². The van der Waals surface area contributed by atoms with Gasteiger partial charge in [-0.3, -0.25) is 0 Å². The van der Waals surface area contributed by atoms with E-state index >= 15 is 0 Å². The van der Waals surface area contributed by atoms with Gasteiger partial charge in [-0.05, 0) is 36.4 Å². The number of carboxylic acids is 1. The molecule has 1 N–H and O–H groups in total. The number of rotatable bonds is 4. The zero-order chi connectivity index (χ0) is 14.8. The topological polar surface area (TPSA) is 71.4 Å². The molecule has 0 saturated carbocycles. The Bertz CT molecular complexity index is 734. The van der Waals surface area contributed by atoms with Crippen LogP contribution in [0.5, 0.6) is 0 Å². The molecule has 0 heterocycles. The van der Waals surface area contributed by atoms with Gasteiger partial charge in [0.25, 0.3) is 0 Å². The lowest BCUT2D eigenvalue weighted by atomic mass is 10.2. The molecular weight excluding hydrogens is 296 g/mol. The molecule has 0 unspecified atom stereocenters. The summed E-state index contributed by atoms with van der Waals surface area (Å²) in [6, 6.07) is 13.0. The monoisotopic (exact) mass is 308 g/mol. The third kappa shape index (κ3) is 3.40. The first kappa shape index (κ1) is 14.6. The highest BCUT2D eigenvalue weighted by atomic mass is 32.2. The Kier molecular flexibility index (Phi) is 4.15. The van der Waals surface area contributed by atoms with Gasteiger partial charge in [0.15, 0.2) is 9.84 Å². The van der Waals surface area contributed by atoms with E-state index in [4.69, 9.17) is 5.11 Å². The second kappa shape index (κ2) is 5.68. The molecule has 20 heavy (non-hydrogen) atoms. The molecule has 0 saturated heterocycles. The molecule has 104 valence electrons. The van der Waals surface area contributed by atoms with E-state index in [0.29, 0.717) is 4.90 Å². The first-order valence-corrected chi connectivity index (χ1v) is 8.39. The van der Waals surface area contributed by atoms with Crippen LogP contribution in [0.4, 0.5) is 0 Å². The van der Waals surface area contributed by atoms with Gasteiger partial charge in [-0.1, -0.05) is 23.9 Å². The molecule has 0 aromatic heterocycles. The van der Waals surface area contributed by atoms with Crippen LogP contribution in [0.2, 0.25) is 0 Å². The molecule has 0 amide bonds. The molecule has 0 aliphatic heterocycles. The number of carbonyl (C=O) groups is 1. The maximum absolute atomic E-state index is 11.7. The van der Waals surface area contributed by atoms with Gasteiger partial charge in [0.05, 0.1) is 10.5 Å². The Morgan fingerprint density at radius 2 is 1.65 bits per heavy atom. The Morgan fingerprint density at radius 3 is 2.20 bits per heavy atom. The average Bonchev–Trinajstić information content (AvgIpc) is 2.38. The molecule has 0 spiro atoms. The quantitative estimate of drug-likeness (QED) is 0.940. The standard InChI is InChI=1S/C14H12O4S2/c1-20(17,18)13-5-3-2-4-12(13)19-11-8-6-10(7-9-11)14(15)16/h2-9H,1H3,(H,15,16). The van der Waals surface area contributed by atoms with Crippen molar-refractivity contribution in [3.8, 4) is 0 Å². The fourth-order valence-corrected chi connectivity index (χ4v) is 3.81. The fraction of sp³-hybridized carbons (Fsp3) is 0.0714. The minimum absolute atomic E-state index is 0.200. The molecular formula is C14H12O4S2. The zero-order valence-electron chi connectivity index (χ0n) is 10.6. The van der Waals surface area contributed by atoms with Gasteiger partial charge in [0, 0.05) is 16.0 Å². The molecule has 0 fully saturated rings. The number of sulfone groups is 1. The normalized spacial score (nSPS) is 11.2. The lowest BCUT2D eigenvalue weighted by Gasteiger charge is -2.07. The molecule has 0 aliphatic carbocycles. The van der Waals surface area contributed by atoms with E-state index in [0.717, 1.165) is 4.90 Å². The van der Waals surface area contributed by atoms with E-state index in [1.165, 1.54) is 30.2 Å². The van der Waals surface area contributed by atoms with Crippen molar-refractivity contribution >= 4 is 27.6 Å². The summed E-state index contributed by atoms with van der Waals surface area (Å²) in [5.74, 6) is -0.988. The summed E-state index contributed by atoms with van der Waals surface area (Å²) >= 11 is 1.29. The predicted octanol–water partition coefficient (Wildman–Crippen LogP) is 2.94. The number of hydrogen-bond donors (Lipinski definition) is 1. The van der Waals surface area contributed by atoms with Crippen LogP contribution in [0.1, 0.15) is 10.4 Å². The van der Waals surface area contributed by atoms with Crippen molar-refractivity contribution < 1.29 is 18.3 Å². The number of carboxylic acid groups (broad SMARTS) is 1. The first-order valence-electron chi connectivity index (χ1n) is 5.68. The van der Waals surface area contributed by atoms with E-state index < -0.39 is 15.8 Å². The van der Waals surface area contributed by atoms with Crippen LogP contribution >= 0.6 is 11.8 Å².